The smallest absolute Gasteiger partial charge is 0.222 e. The number of nitrogens with one attached hydrogen (secondary N) is 1. The minimum absolute atomic E-state index is 0.0358. The number of nitrogens with zero attached hydrogens (tertiary/aromatic N) is 1. The van der Waals surface area contributed by atoms with Crippen LogP contribution in [0.3, 0.4) is 0 Å². The molecule has 1 rings (SSSR count). The van der Waals surface area contributed by atoms with Gasteiger partial charge in [0.05, 0.1) is 11.6 Å². The number of hydrogen-bond donors (Lipinski definition) is 1. The fourth-order valence-electron chi connectivity index (χ4n) is 1.70. The predicted octanol–water partition coefficient (Wildman–Crippen LogP) is 2.57. The molecule has 3 heteroatoms. The molecule has 0 aromatic heterocycles. The SMILES string of the molecule is Cc1ccc(C#N)cc1CCCNC(=O)C(C)C. The molecule has 3 nitrogen and oxygen atoms in total. The molecule has 0 aliphatic carbocycles. The van der Waals surface area contributed by atoms with Crippen molar-refractivity contribution in [2.45, 2.75) is 33.6 Å². The molecule has 0 aliphatic rings. The van der Waals surface area contributed by atoms with Crippen molar-refractivity contribution >= 4 is 5.91 Å². The van der Waals surface area contributed by atoms with Gasteiger partial charge in [-0.3, -0.25) is 4.79 Å². The number of hydrogen-bond acceptors (Lipinski definition) is 2. The Labute approximate surface area is 109 Å². The minimum Gasteiger partial charge on any atom is -0.356 e. The Bertz CT molecular complexity index is 458. The van der Waals surface area contributed by atoms with E-state index in [0.717, 1.165) is 12.8 Å². The first-order chi connectivity index (χ1) is 8.54. The highest BCUT2D eigenvalue weighted by molar-refractivity contribution is 5.77. The first kappa shape index (κ1) is 14.2. The van der Waals surface area contributed by atoms with Crippen LogP contribution in [-0.2, 0) is 11.2 Å². The normalized spacial score (nSPS) is 10.2. The van der Waals surface area contributed by atoms with E-state index < -0.39 is 0 Å². The summed E-state index contributed by atoms with van der Waals surface area (Å²) in [6.45, 7) is 6.50. The van der Waals surface area contributed by atoms with E-state index in [1.165, 1.54) is 11.1 Å². The minimum atomic E-state index is 0.0358. The number of carbonyl (C=O) groups excluding carboxylic acids is 1. The summed E-state index contributed by atoms with van der Waals surface area (Å²) < 4.78 is 0. The van der Waals surface area contributed by atoms with Gasteiger partial charge in [-0.05, 0) is 43.0 Å². The van der Waals surface area contributed by atoms with Crippen molar-refractivity contribution in [2.75, 3.05) is 6.54 Å². The highest BCUT2D eigenvalue weighted by Gasteiger charge is 2.05. The summed E-state index contributed by atoms with van der Waals surface area (Å²) in [5, 5.41) is 11.7. The van der Waals surface area contributed by atoms with Crippen molar-refractivity contribution in [3.63, 3.8) is 0 Å². The van der Waals surface area contributed by atoms with Gasteiger partial charge in [-0.25, -0.2) is 0 Å². The standard InChI is InChI=1S/C15H20N2O/c1-11(2)15(18)17-8-4-5-14-9-13(10-16)7-6-12(14)3/h6-7,9,11H,4-5,8H2,1-3H3,(H,17,18). The maximum Gasteiger partial charge on any atom is 0.222 e. The summed E-state index contributed by atoms with van der Waals surface area (Å²) in [6.07, 6.45) is 1.79. The summed E-state index contributed by atoms with van der Waals surface area (Å²) in [6, 6.07) is 7.88. The number of rotatable bonds is 5. The lowest BCUT2D eigenvalue weighted by Gasteiger charge is -2.09. The molecule has 1 aromatic carbocycles. The molecular weight excluding hydrogens is 224 g/mol. The van der Waals surface area contributed by atoms with Gasteiger partial charge in [0.1, 0.15) is 0 Å². The van der Waals surface area contributed by atoms with Gasteiger partial charge >= 0.3 is 0 Å². The lowest BCUT2D eigenvalue weighted by atomic mass is 10.0. The molecule has 0 spiro atoms. The van der Waals surface area contributed by atoms with Crippen molar-refractivity contribution in [3.8, 4) is 6.07 Å². The van der Waals surface area contributed by atoms with Crippen LogP contribution < -0.4 is 5.32 Å². The molecule has 96 valence electrons. The molecule has 0 fully saturated rings. The quantitative estimate of drug-likeness (QED) is 0.809. The Morgan fingerprint density at radius 3 is 2.78 bits per heavy atom. The van der Waals surface area contributed by atoms with Crippen molar-refractivity contribution in [2.24, 2.45) is 5.92 Å². The molecule has 1 amide bonds. The van der Waals surface area contributed by atoms with Crippen LogP contribution >= 0.6 is 0 Å². The van der Waals surface area contributed by atoms with E-state index in [0.29, 0.717) is 12.1 Å². The maximum atomic E-state index is 11.4. The summed E-state index contributed by atoms with van der Waals surface area (Å²) in [5.74, 6) is 0.131. The van der Waals surface area contributed by atoms with E-state index in [2.05, 4.69) is 11.4 Å². The molecule has 1 N–H and O–H groups in total. The zero-order chi connectivity index (χ0) is 13.5. The average molecular weight is 244 g/mol. The summed E-state index contributed by atoms with van der Waals surface area (Å²) in [5.41, 5.74) is 3.08. The average Bonchev–Trinajstić information content (AvgIpc) is 2.36. The Hall–Kier alpha value is -1.82. The Morgan fingerprint density at radius 2 is 2.17 bits per heavy atom. The van der Waals surface area contributed by atoms with Gasteiger partial charge in [-0.1, -0.05) is 19.9 Å². The van der Waals surface area contributed by atoms with Gasteiger partial charge in [0.15, 0.2) is 0 Å². The molecule has 1 aromatic rings. The zero-order valence-corrected chi connectivity index (χ0v) is 11.3. The van der Waals surface area contributed by atoms with Crippen molar-refractivity contribution in [1.29, 1.82) is 5.26 Å². The van der Waals surface area contributed by atoms with Crippen molar-refractivity contribution in [3.05, 3.63) is 34.9 Å². The Kier molecular flexibility index (Phi) is 5.38. The van der Waals surface area contributed by atoms with Crippen LogP contribution in [0.25, 0.3) is 0 Å². The van der Waals surface area contributed by atoms with E-state index >= 15 is 0 Å². The number of benzene rings is 1. The third-order valence-electron chi connectivity index (χ3n) is 2.92. The molecule has 0 saturated heterocycles. The topological polar surface area (TPSA) is 52.9 Å². The molecule has 0 aliphatic heterocycles. The molecule has 18 heavy (non-hydrogen) atoms. The number of amides is 1. The van der Waals surface area contributed by atoms with Crippen molar-refractivity contribution < 1.29 is 4.79 Å². The van der Waals surface area contributed by atoms with Crippen LogP contribution in [0.15, 0.2) is 18.2 Å². The Balaban J connectivity index is 2.45. The fraction of sp³-hybridized carbons (Fsp3) is 0.467. The maximum absolute atomic E-state index is 11.4. The van der Waals surface area contributed by atoms with Crippen LogP contribution in [0.5, 0.6) is 0 Å². The molecule has 0 bridgehead atoms. The van der Waals surface area contributed by atoms with Gasteiger partial charge in [-0.15, -0.1) is 0 Å². The van der Waals surface area contributed by atoms with E-state index in [1.807, 2.05) is 39.0 Å². The van der Waals surface area contributed by atoms with Gasteiger partial charge in [0, 0.05) is 12.5 Å². The van der Waals surface area contributed by atoms with Gasteiger partial charge in [-0.2, -0.15) is 5.26 Å². The molecular formula is C15H20N2O. The fourth-order valence-corrected chi connectivity index (χ4v) is 1.70. The van der Waals surface area contributed by atoms with Crippen LogP contribution in [-0.4, -0.2) is 12.5 Å². The van der Waals surface area contributed by atoms with E-state index in [1.54, 1.807) is 0 Å². The number of aryl methyl sites for hydroxylation is 2. The van der Waals surface area contributed by atoms with Gasteiger partial charge in [0.2, 0.25) is 5.91 Å². The van der Waals surface area contributed by atoms with Crippen LogP contribution in [0.2, 0.25) is 0 Å². The molecule has 0 unspecified atom stereocenters. The molecule has 0 heterocycles. The first-order valence-corrected chi connectivity index (χ1v) is 6.32. The second-order valence-electron chi connectivity index (χ2n) is 4.80. The zero-order valence-electron chi connectivity index (χ0n) is 11.3. The second-order valence-corrected chi connectivity index (χ2v) is 4.80. The van der Waals surface area contributed by atoms with E-state index in [4.69, 9.17) is 5.26 Å². The lowest BCUT2D eigenvalue weighted by molar-refractivity contribution is -0.123. The molecule has 0 atom stereocenters. The summed E-state index contributed by atoms with van der Waals surface area (Å²) in [4.78, 5) is 11.4. The summed E-state index contributed by atoms with van der Waals surface area (Å²) in [7, 11) is 0. The highest BCUT2D eigenvalue weighted by atomic mass is 16.1. The third kappa shape index (κ3) is 4.21. The Morgan fingerprint density at radius 1 is 1.44 bits per heavy atom. The number of nitriles is 1. The van der Waals surface area contributed by atoms with Gasteiger partial charge in [0.25, 0.3) is 0 Å². The summed E-state index contributed by atoms with van der Waals surface area (Å²) >= 11 is 0. The third-order valence-corrected chi connectivity index (χ3v) is 2.92. The largest absolute Gasteiger partial charge is 0.356 e. The molecule has 0 radical (unpaired) electrons. The van der Waals surface area contributed by atoms with Crippen LogP contribution in [0, 0.1) is 24.2 Å². The van der Waals surface area contributed by atoms with Gasteiger partial charge < -0.3 is 5.32 Å². The van der Waals surface area contributed by atoms with E-state index in [-0.39, 0.29) is 11.8 Å². The number of carbonyl (C=O) groups is 1. The van der Waals surface area contributed by atoms with Crippen LogP contribution in [0.4, 0.5) is 0 Å². The monoisotopic (exact) mass is 244 g/mol. The van der Waals surface area contributed by atoms with Crippen LogP contribution in [0.1, 0.15) is 37.0 Å². The predicted molar refractivity (Wildman–Crippen MR) is 72.1 cm³/mol. The van der Waals surface area contributed by atoms with Crippen molar-refractivity contribution in [1.82, 2.24) is 5.32 Å². The highest BCUT2D eigenvalue weighted by Crippen LogP contribution is 2.12. The van der Waals surface area contributed by atoms with E-state index in [9.17, 15) is 4.79 Å². The molecule has 0 saturated carbocycles. The lowest BCUT2D eigenvalue weighted by Crippen LogP contribution is -2.28. The first-order valence-electron chi connectivity index (χ1n) is 6.32. The second kappa shape index (κ2) is 6.80.